The van der Waals surface area contributed by atoms with Gasteiger partial charge in [0.05, 0.1) is 0 Å². The van der Waals surface area contributed by atoms with Crippen molar-refractivity contribution in [3.05, 3.63) is 21.9 Å². The third kappa shape index (κ3) is 1.54. The molecule has 0 bridgehead atoms. The first-order valence-corrected chi connectivity index (χ1v) is 3.77. The maximum Gasteiger partial charge on any atom is 0.113 e. The van der Waals surface area contributed by atoms with E-state index < -0.39 is 6.17 Å². The molecule has 0 spiro atoms. The third-order valence-corrected chi connectivity index (χ3v) is 2.29. The highest BCUT2D eigenvalue weighted by Gasteiger charge is 2.04. The van der Waals surface area contributed by atoms with E-state index in [-0.39, 0.29) is 0 Å². The van der Waals surface area contributed by atoms with Crippen LogP contribution in [-0.2, 0) is 0 Å². The van der Waals surface area contributed by atoms with Gasteiger partial charge in [0.15, 0.2) is 0 Å². The van der Waals surface area contributed by atoms with E-state index in [2.05, 4.69) is 0 Å². The highest BCUT2D eigenvalue weighted by Crippen LogP contribution is 2.18. The molecular formula is C6H10N2OS. The molecule has 4 heteroatoms. The number of nitrogens with one attached hydrogen (secondary N) is 1. The van der Waals surface area contributed by atoms with Crippen LogP contribution in [0.15, 0.2) is 12.1 Å². The quantitative estimate of drug-likeness (QED) is 0.444. The SMILES string of the molecule is Cc1ccc(C(N)NO)s1. The van der Waals surface area contributed by atoms with E-state index in [4.69, 9.17) is 10.9 Å². The minimum absolute atomic E-state index is 0.446. The van der Waals surface area contributed by atoms with E-state index in [0.29, 0.717) is 0 Å². The van der Waals surface area contributed by atoms with Gasteiger partial charge in [0.2, 0.25) is 0 Å². The monoisotopic (exact) mass is 158 g/mol. The van der Waals surface area contributed by atoms with Gasteiger partial charge in [-0.25, -0.2) is 0 Å². The van der Waals surface area contributed by atoms with E-state index in [1.54, 1.807) is 11.3 Å². The van der Waals surface area contributed by atoms with E-state index in [0.717, 1.165) is 4.88 Å². The summed E-state index contributed by atoms with van der Waals surface area (Å²) in [6, 6.07) is 3.87. The normalized spacial score (nSPS) is 13.5. The van der Waals surface area contributed by atoms with Crippen LogP contribution < -0.4 is 11.2 Å². The molecular weight excluding hydrogens is 148 g/mol. The van der Waals surface area contributed by atoms with Crippen molar-refractivity contribution >= 4 is 11.3 Å². The van der Waals surface area contributed by atoms with Gasteiger partial charge in [0.1, 0.15) is 6.17 Å². The molecule has 0 fully saturated rings. The van der Waals surface area contributed by atoms with Crippen LogP contribution in [0.5, 0.6) is 0 Å². The Morgan fingerprint density at radius 3 is 2.80 bits per heavy atom. The van der Waals surface area contributed by atoms with Gasteiger partial charge in [-0.05, 0) is 19.1 Å². The predicted octanol–water partition coefficient (Wildman–Crippen LogP) is 0.993. The number of nitrogens with two attached hydrogens (primary N) is 1. The lowest BCUT2D eigenvalue weighted by molar-refractivity contribution is 0.130. The number of thiophene rings is 1. The zero-order valence-electron chi connectivity index (χ0n) is 5.66. The maximum absolute atomic E-state index is 8.43. The summed E-state index contributed by atoms with van der Waals surface area (Å²) in [6.07, 6.45) is -0.446. The van der Waals surface area contributed by atoms with Crippen molar-refractivity contribution in [3.63, 3.8) is 0 Å². The molecule has 1 aromatic heterocycles. The molecule has 3 nitrogen and oxygen atoms in total. The van der Waals surface area contributed by atoms with Gasteiger partial charge in [0, 0.05) is 9.75 Å². The molecule has 0 amide bonds. The third-order valence-electron chi connectivity index (χ3n) is 1.21. The molecule has 1 aromatic rings. The van der Waals surface area contributed by atoms with Crippen LogP contribution in [0, 0.1) is 6.92 Å². The zero-order chi connectivity index (χ0) is 7.56. The average molecular weight is 158 g/mol. The molecule has 0 saturated heterocycles. The van der Waals surface area contributed by atoms with Crippen molar-refractivity contribution in [2.24, 2.45) is 5.73 Å². The van der Waals surface area contributed by atoms with Crippen LogP contribution in [-0.4, -0.2) is 5.21 Å². The van der Waals surface area contributed by atoms with Gasteiger partial charge in [-0.15, -0.1) is 11.3 Å². The molecule has 56 valence electrons. The smallest absolute Gasteiger partial charge is 0.113 e. The first-order chi connectivity index (χ1) is 4.74. The Morgan fingerprint density at radius 2 is 2.40 bits per heavy atom. The van der Waals surface area contributed by atoms with Gasteiger partial charge in [0.25, 0.3) is 0 Å². The number of hydrogen-bond donors (Lipinski definition) is 3. The van der Waals surface area contributed by atoms with Crippen LogP contribution in [0.25, 0.3) is 0 Å². The summed E-state index contributed by atoms with van der Waals surface area (Å²) in [5.41, 5.74) is 7.44. The molecule has 0 aliphatic carbocycles. The Hall–Kier alpha value is -0.420. The Kier molecular flexibility index (Phi) is 2.39. The van der Waals surface area contributed by atoms with E-state index >= 15 is 0 Å². The molecule has 10 heavy (non-hydrogen) atoms. The van der Waals surface area contributed by atoms with Gasteiger partial charge < -0.3 is 10.9 Å². The molecule has 4 N–H and O–H groups in total. The van der Waals surface area contributed by atoms with Gasteiger partial charge in [-0.2, -0.15) is 5.48 Å². The zero-order valence-corrected chi connectivity index (χ0v) is 6.48. The van der Waals surface area contributed by atoms with Crippen LogP contribution in [0.3, 0.4) is 0 Å². The van der Waals surface area contributed by atoms with Gasteiger partial charge in [-0.1, -0.05) is 0 Å². The highest BCUT2D eigenvalue weighted by molar-refractivity contribution is 7.12. The van der Waals surface area contributed by atoms with Crippen molar-refractivity contribution in [2.75, 3.05) is 0 Å². The second kappa shape index (κ2) is 3.12. The minimum Gasteiger partial charge on any atom is -0.315 e. The summed E-state index contributed by atoms with van der Waals surface area (Å²) in [7, 11) is 0. The number of hydrogen-bond acceptors (Lipinski definition) is 4. The average Bonchev–Trinajstić information content (AvgIpc) is 2.34. The standard InChI is InChI=1S/C6H10N2OS/c1-4-2-3-5(10-4)6(7)8-9/h2-3,6,8-9H,7H2,1H3. The van der Waals surface area contributed by atoms with Crippen LogP contribution in [0.4, 0.5) is 0 Å². The predicted molar refractivity (Wildman–Crippen MR) is 40.9 cm³/mol. The lowest BCUT2D eigenvalue weighted by Crippen LogP contribution is -2.24. The largest absolute Gasteiger partial charge is 0.315 e. The van der Waals surface area contributed by atoms with Crippen molar-refractivity contribution in [3.8, 4) is 0 Å². The number of rotatable bonds is 2. The molecule has 0 aromatic carbocycles. The van der Waals surface area contributed by atoms with E-state index in [1.165, 1.54) is 4.88 Å². The van der Waals surface area contributed by atoms with Crippen molar-refractivity contribution in [1.29, 1.82) is 0 Å². The van der Waals surface area contributed by atoms with Crippen molar-refractivity contribution in [2.45, 2.75) is 13.1 Å². The Labute approximate surface area is 63.4 Å². The summed E-state index contributed by atoms with van der Waals surface area (Å²) in [4.78, 5) is 2.14. The minimum atomic E-state index is -0.446. The van der Waals surface area contributed by atoms with Crippen LogP contribution in [0.2, 0.25) is 0 Å². The van der Waals surface area contributed by atoms with Gasteiger partial charge >= 0.3 is 0 Å². The summed E-state index contributed by atoms with van der Waals surface area (Å²) in [5, 5.41) is 8.43. The Bertz CT molecular complexity index is 211. The Morgan fingerprint density at radius 1 is 1.70 bits per heavy atom. The number of aryl methyl sites for hydroxylation is 1. The lowest BCUT2D eigenvalue weighted by Gasteiger charge is -2.04. The molecule has 1 unspecified atom stereocenters. The summed E-state index contributed by atoms with van der Waals surface area (Å²) >= 11 is 1.57. The van der Waals surface area contributed by atoms with Gasteiger partial charge in [-0.3, -0.25) is 0 Å². The molecule has 1 heterocycles. The second-order valence-electron chi connectivity index (χ2n) is 2.06. The lowest BCUT2D eigenvalue weighted by atomic mass is 10.4. The van der Waals surface area contributed by atoms with E-state index in [1.807, 2.05) is 24.5 Å². The summed E-state index contributed by atoms with van der Waals surface area (Å²) in [6.45, 7) is 2.00. The molecule has 0 aliphatic heterocycles. The van der Waals surface area contributed by atoms with Crippen molar-refractivity contribution in [1.82, 2.24) is 5.48 Å². The fourth-order valence-electron chi connectivity index (χ4n) is 0.684. The first-order valence-electron chi connectivity index (χ1n) is 2.95. The Balaban J connectivity index is 2.74. The molecule has 0 aliphatic rings. The summed E-state index contributed by atoms with van der Waals surface area (Å²) < 4.78 is 0. The van der Waals surface area contributed by atoms with Crippen LogP contribution in [0.1, 0.15) is 15.9 Å². The fourth-order valence-corrected chi connectivity index (χ4v) is 1.51. The molecule has 0 saturated carbocycles. The summed E-state index contributed by atoms with van der Waals surface area (Å²) in [5.74, 6) is 0. The van der Waals surface area contributed by atoms with E-state index in [9.17, 15) is 0 Å². The molecule has 0 radical (unpaired) electrons. The molecule has 1 atom stereocenters. The first kappa shape index (κ1) is 7.68. The van der Waals surface area contributed by atoms with Crippen LogP contribution >= 0.6 is 11.3 Å². The fraction of sp³-hybridized carbons (Fsp3) is 0.333. The highest BCUT2D eigenvalue weighted by atomic mass is 32.1. The maximum atomic E-state index is 8.43. The topological polar surface area (TPSA) is 58.3 Å². The molecule has 1 rings (SSSR count). The van der Waals surface area contributed by atoms with Crippen molar-refractivity contribution < 1.29 is 5.21 Å². The second-order valence-corrected chi connectivity index (χ2v) is 3.37. The number of hydroxylamine groups is 1.